The van der Waals surface area contributed by atoms with Crippen LogP contribution in [0, 0.1) is 13.8 Å². The molecular weight excluding hydrogens is 306 g/mol. The van der Waals surface area contributed by atoms with Crippen LogP contribution in [0.2, 0.25) is 0 Å². The Bertz CT molecular complexity index is 733. The van der Waals surface area contributed by atoms with Gasteiger partial charge in [-0.25, -0.2) is 8.42 Å². The van der Waals surface area contributed by atoms with Gasteiger partial charge in [0.15, 0.2) is 0 Å². The number of aromatic amines is 1. The van der Waals surface area contributed by atoms with E-state index in [1.807, 2.05) is 31.4 Å². The van der Waals surface area contributed by atoms with Crippen LogP contribution in [0.4, 0.5) is 0 Å². The molecule has 0 amide bonds. The smallest absolute Gasteiger partial charge is 0.253 e. The maximum Gasteiger partial charge on any atom is 0.253 e. The zero-order chi connectivity index (χ0) is 15.0. The van der Waals surface area contributed by atoms with E-state index in [0.717, 1.165) is 36.2 Å². The average molecular weight is 325 g/mol. The maximum atomic E-state index is 13.0. The number of piperidine rings is 1. The summed E-state index contributed by atoms with van der Waals surface area (Å²) in [6, 6.07) is 3.64. The highest BCUT2D eigenvalue weighted by molar-refractivity contribution is 7.91. The highest BCUT2D eigenvalue weighted by Gasteiger charge is 2.36. The zero-order valence-electron chi connectivity index (χ0n) is 12.2. The van der Waals surface area contributed by atoms with Crippen molar-refractivity contribution in [3.63, 3.8) is 0 Å². The third-order valence-corrected chi connectivity index (χ3v) is 7.45. The van der Waals surface area contributed by atoms with Crippen molar-refractivity contribution in [1.82, 2.24) is 14.5 Å². The third kappa shape index (κ3) is 2.65. The summed E-state index contributed by atoms with van der Waals surface area (Å²) in [5.41, 5.74) is 2.60. The molecule has 1 aliphatic rings. The minimum atomic E-state index is -3.44. The predicted octanol–water partition coefficient (Wildman–Crippen LogP) is 3.00. The normalized spacial score (nSPS) is 20.8. The van der Waals surface area contributed by atoms with Gasteiger partial charge in [-0.3, -0.25) is 5.10 Å². The van der Waals surface area contributed by atoms with E-state index in [-0.39, 0.29) is 6.04 Å². The van der Waals surface area contributed by atoms with Gasteiger partial charge in [-0.1, -0.05) is 6.42 Å². The van der Waals surface area contributed by atoms with E-state index in [4.69, 9.17) is 0 Å². The van der Waals surface area contributed by atoms with Gasteiger partial charge in [-0.05, 0) is 49.8 Å². The van der Waals surface area contributed by atoms with Crippen LogP contribution in [0.25, 0.3) is 0 Å². The molecule has 114 valence electrons. The van der Waals surface area contributed by atoms with Crippen LogP contribution in [0.5, 0.6) is 0 Å². The van der Waals surface area contributed by atoms with Crippen molar-refractivity contribution in [1.29, 1.82) is 0 Å². The second-order valence-electron chi connectivity index (χ2n) is 5.49. The number of hydrogen-bond donors (Lipinski definition) is 1. The standard InChI is InChI=1S/C14H19N3O2S2/c1-10-6-8-20-14(10)21(18,19)17-7-4-3-5-13(17)12-9-11(2)15-16-12/h6,8-9,13H,3-5,7H2,1-2H3,(H,15,16). The Morgan fingerprint density at radius 3 is 2.81 bits per heavy atom. The van der Waals surface area contributed by atoms with Gasteiger partial charge in [-0.2, -0.15) is 9.40 Å². The van der Waals surface area contributed by atoms with Gasteiger partial charge in [0.1, 0.15) is 4.21 Å². The van der Waals surface area contributed by atoms with Crippen molar-refractivity contribution in [3.05, 3.63) is 34.5 Å². The second kappa shape index (κ2) is 5.55. The van der Waals surface area contributed by atoms with Crippen molar-refractivity contribution >= 4 is 21.4 Å². The Morgan fingerprint density at radius 2 is 2.19 bits per heavy atom. The van der Waals surface area contributed by atoms with Crippen LogP contribution >= 0.6 is 11.3 Å². The molecule has 7 heteroatoms. The first-order chi connectivity index (χ1) is 10.00. The van der Waals surface area contributed by atoms with E-state index < -0.39 is 10.0 Å². The van der Waals surface area contributed by atoms with Gasteiger partial charge < -0.3 is 0 Å². The van der Waals surface area contributed by atoms with Gasteiger partial charge in [0.25, 0.3) is 10.0 Å². The molecule has 0 aliphatic carbocycles. The first kappa shape index (κ1) is 14.7. The molecule has 5 nitrogen and oxygen atoms in total. The molecule has 3 rings (SSSR count). The van der Waals surface area contributed by atoms with Crippen LogP contribution in [-0.4, -0.2) is 29.5 Å². The lowest BCUT2D eigenvalue weighted by Crippen LogP contribution is -2.38. The number of aryl methyl sites for hydroxylation is 2. The van der Waals surface area contributed by atoms with Crippen molar-refractivity contribution in [3.8, 4) is 0 Å². The van der Waals surface area contributed by atoms with E-state index in [1.54, 1.807) is 4.31 Å². The van der Waals surface area contributed by atoms with E-state index in [0.29, 0.717) is 10.8 Å². The summed E-state index contributed by atoms with van der Waals surface area (Å²) in [5.74, 6) is 0. The van der Waals surface area contributed by atoms with Crippen LogP contribution < -0.4 is 0 Å². The van der Waals surface area contributed by atoms with E-state index in [1.165, 1.54) is 11.3 Å². The molecule has 0 aromatic carbocycles. The summed E-state index contributed by atoms with van der Waals surface area (Å²) < 4.78 is 28.0. The summed E-state index contributed by atoms with van der Waals surface area (Å²) in [4.78, 5) is 0. The largest absolute Gasteiger partial charge is 0.283 e. The fraction of sp³-hybridized carbons (Fsp3) is 0.500. The lowest BCUT2D eigenvalue weighted by molar-refractivity contribution is 0.252. The summed E-state index contributed by atoms with van der Waals surface area (Å²) in [5, 5.41) is 9.03. The number of nitrogens with zero attached hydrogens (tertiary/aromatic N) is 2. The highest BCUT2D eigenvalue weighted by atomic mass is 32.2. The highest BCUT2D eigenvalue weighted by Crippen LogP contribution is 2.36. The molecule has 1 atom stereocenters. The molecule has 3 heterocycles. The topological polar surface area (TPSA) is 66.1 Å². The quantitative estimate of drug-likeness (QED) is 0.943. The number of aromatic nitrogens is 2. The summed E-state index contributed by atoms with van der Waals surface area (Å²) in [6.45, 7) is 4.35. The van der Waals surface area contributed by atoms with Crippen molar-refractivity contribution in [2.45, 2.75) is 43.4 Å². The molecule has 0 spiro atoms. The lowest BCUT2D eigenvalue weighted by atomic mass is 10.0. The molecule has 0 radical (unpaired) electrons. The molecule has 1 saturated heterocycles. The Balaban J connectivity index is 2.00. The first-order valence-electron chi connectivity index (χ1n) is 7.08. The summed E-state index contributed by atoms with van der Waals surface area (Å²) in [7, 11) is -3.44. The molecule has 21 heavy (non-hydrogen) atoms. The number of sulfonamides is 1. The SMILES string of the molecule is Cc1cc(C2CCCCN2S(=O)(=O)c2sccc2C)n[nH]1. The van der Waals surface area contributed by atoms with Crippen molar-refractivity contribution < 1.29 is 8.42 Å². The van der Waals surface area contributed by atoms with Crippen LogP contribution in [0.3, 0.4) is 0 Å². The fourth-order valence-electron chi connectivity index (χ4n) is 2.83. The second-order valence-corrected chi connectivity index (χ2v) is 8.50. The molecule has 1 aliphatic heterocycles. The lowest BCUT2D eigenvalue weighted by Gasteiger charge is -2.33. The first-order valence-corrected chi connectivity index (χ1v) is 9.40. The summed E-state index contributed by atoms with van der Waals surface area (Å²) in [6.07, 6.45) is 2.77. The maximum absolute atomic E-state index is 13.0. The van der Waals surface area contributed by atoms with E-state index in [9.17, 15) is 8.42 Å². The van der Waals surface area contributed by atoms with Crippen LogP contribution in [0.15, 0.2) is 21.7 Å². The van der Waals surface area contributed by atoms with Gasteiger partial charge in [0, 0.05) is 12.2 Å². The monoisotopic (exact) mass is 325 g/mol. The Hall–Kier alpha value is -1.18. The molecule has 2 aromatic rings. The van der Waals surface area contributed by atoms with Crippen LogP contribution in [-0.2, 0) is 10.0 Å². The van der Waals surface area contributed by atoms with Gasteiger partial charge >= 0.3 is 0 Å². The molecule has 1 unspecified atom stereocenters. The molecular formula is C14H19N3O2S2. The minimum absolute atomic E-state index is 0.157. The summed E-state index contributed by atoms with van der Waals surface area (Å²) >= 11 is 1.29. The Labute approximate surface area is 129 Å². The van der Waals surface area contributed by atoms with Gasteiger partial charge in [-0.15, -0.1) is 11.3 Å². The van der Waals surface area contributed by atoms with Crippen molar-refractivity contribution in [2.75, 3.05) is 6.54 Å². The average Bonchev–Trinajstić information content (AvgIpc) is 3.07. The van der Waals surface area contributed by atoms with E-state index >= 15 is 0 Å². The third-order valence-electron chi connectivity index (χ3n) is 3.88. The van der Waals surface area contributed by atoms with Gasteiger partial charge in [0.2, 0.25) is 0 Å². The predicted molar refractivity (Wildman–Crippen MR) is 82.9 cm³/mol. The van der Waals surface area contributed by atoms with Gasteiger partial charge in [0.05, 0.1) is 11.7 Å². The van der Waals surface area contributed by atoms with Crippen molar-refractivity contribution in [2.24, 2.45) is 0 Å². The van der Waals surface area contributed by atoms with Crippen LogP contribution in [0.1, 0.15) is 42.3 Å². The number of hydrogen-bond acceptors (Lipinski definition) is 4. The number of rotatable bonds is 3. The molecule has 1 N–H and O–H groups in total. The molecule has 1 fully saturated rings. The Morgan fingerprint density at radius 1 is 1.38 bits per heavy atom. The number of H-pyrrole nitrogens is 1. The minimum Gasteiger partial charge on any atom is -0.283 e. The Kier molecular flexibility index (Phi) is 3.90. The fourth-order valence-corrected chi connectivity index (χ4v) is 6.02. The number of thiophene rings is 1. The molecule has 0 saturated carbocycles. The molecule has 2 aromatic heterocycles. The zero-order valence-corrected chi connectivity index (χ0v) is 13.8. The molecule has 0 bridgehead atoms. The number of nitrogens with one attached hydrogen (secondary N) is 1. The van der Waals surface area contributed by atoms with E-state index in [2.05, 4.69) is 10.2 Å².